The van der Waals surface area contributed by atoms with E-state index in [9.17, 15) is 9.50 Å². The van der Waals surface area contributed by atoms with Crippen LogP contribution in [0.15, 0.2) is 18.2 Å². The van der Waals surface area contributed by atoms with Crippen LogP contribution in [0.2, 0.25) is 0 Å². The van der Waals surface area contributed by atoms with E-state index in [1.54, 1.807) is 6.07 Å². The molecule has 1 aliphatic rings. The number of aliphatic hydroxyl groups is 1. The number of benzene rings is 1. The second-order valence-corrected chi connectivity index (χ2v) is 6.34. The van der Waals surface area contributed by atoms with Gasteiger partial charge in [0.1, 0.15) is 5.82 Å². The minimum atomic E-state index is -0.595. The van der Waals surface area contributed by atoms with Gasteiger partial charge in [-0.25, -0.2) is 4.39 Å². The van der Waals surface area contributed by atoms with Crippen molar-refractivity contribution in [2.45, 2.75) is 52.1 Å². The van der Waals surface area contributed by atoms with Crippen LogP contribution in [0.1, 0.15) is 56.3 Å². The minimum absolute atomic E-state index is 0.248. The molecule has 0 aliphatic heterocycles. The Balaban J connectivity index is 2.30. The Morgan fingerprint density at radius 3 is 2.85 bits per heavy atom. The molecule has 1 fully saturated rings. The van der Waals surface area contributed by atoms with Crippen molar-refractivity contribution < 1.29 is 9.50 Å². The molecule has 3 N–H and O–H groups in total. The molecule has 3 atom stereocenters. The second-order valence-electron chi connectivity index (χ2n) is 6.34. The Kier molecular flexibility index (Phi) is 4.82. The number of nitrogens with two attached hydrogens (primary N) is 1. The second kappa shape index (κ2) is 6.23. The third-order valence-corrected chi connectivity index (χ3v) is 5.07. The summed E-state index contributed by atoms with van der Waals surface area (Å²) in [5, 5.41) is 10.9. The first-order valence-electron chi connectivity index (χ1n) is 7.66. The molecular formula is C17H26FNO. The van der Waals surface area contributed by atoms with Gasteiger partial charge in [-0.3, -0.25) is 0 Å². The lowest BCUT2D eigenvalue weighted by molar-refractivity contribution is -0.0165. The fraction of sp³-hybridized carbons (Fsp3) is 0.647. The van der Waals surface area contributed by atoms with Gasteiger partial charge in [-0.2, -0.15) is 0 Å². The minimum Gasteiger partial charge on any atom is -0.388 e. The van der Waals surface area contributed by atoms with Gasteiger partial charge >= 0.3 is 0 Å². The van der Waals surface area contributed by atoms with Crippen LogP contribution in [-0.2, 0) is 0 Å². The molecule has 112 valence electrons. The van der Waals surface area contributed by atoms with Crippen molar-refractivity contribution in [1.82, 2.24) is 0 Å². The molecule has 0 amide bonds. The van der Waals surface area contributed by atoms with Crippen LogP contribution in [0, 0.1) is 24.1 Å². The molecule has 3 heteroatoms. The number of aryl methyl sites for hydroxylation is 1. The van der Waals surface area contributed by atoms with Crippen LogP contribution in [0.5, 0.6) is 0 Å². The molecule has 0 bridgehead atoms. The summed E-state index contributed by atoms with van der Waals surface area (Å²) in [5.74, 6) is 0.387. The van der Waals surface area contributed by atoms with E-state index in [0.29, 0.717) is 12.5 Å². The van der Waals surface area contributed by atoms with Gasteiger partial charge in [0, 0.05) is 12.0 Å². The normalized spacial score (nSPS) is 28.4. The molecule has 3 unspecified atom stereocenters. The van der Waals surface area contributed by atoms with Crippen molar-refractivity contribution in [3.63, 3.8) is 0 Å². The Labute approximate surface area is 121 Å². The highest BCUT2D eigenvalue weighted by molar-refractivity contribution is 5.30. The van der Waals surface area contributed by atoms with Crippen LogP contribution in [-0.4, -0.2) is 11.7 Å². The molecule has 2 rings (SSSR count). The van der Waals surface area contributed by atoms with Crippen molar-refractivity contribution in [2.75, 3.05) is 6.54 Å². The van der Waals surface area contributed by atoms with E-state index in [-0.39, 0.29) is 11.2 Å². The number of hydrogen-bond donors (Lipinski definition) is 2. The first-order valence-corrected chi connectivity index (χ1v) is 7.66. The van der Waals surface area contributed by atoms with Crippen LogP contribution in [0.25, 0.3) is 0 Å². The summed E-state index contributed by atoms with van der Waals surface area (Å²) in [7, 11) is 0. The van der Waals surface area contributed by atoms with E-state index in [1.807, 2.05) is 6.92 Å². The number of rotatable bonds is 4. The average molecular weight is 279 g/mol. The van der Waals surface area contributed by atoms with E-state index < -0.39 is 6.10 Å². The SMILES string of the molecule is CCC1CCCC(CN)(C(O)c2ccc(F)cc2C)C1. The zero-order valence-electron chi connectivity index (χ0n) is 12.5. The maximum absolute atomic E-state index is 13.2. The Hall–Kier alpha value is -0.930. The van der Waals surface area contributed by atoms with E-state index in [4.69, 9.17) is 5.73 Å². The van der Waals surface area contributed by atoms with Crippen molar-refractivity contribution in [3.8, 4) is 0 Å². The molecule has 0 radical (unpaired) electrons. The first-order chi connectivity index (χ1) is 9.52. The first kappa shape index (κ1) is 15.5. The van der Waals surface area contributed by atoms with Crippen molar-refractivity contribution in [2.24, 2.45) is 17.1 Å². The molecule has 20 heavy (non-hydrogen) atoms. The maximum Gasteiger partial charge on any atom is 0.123 e. The number of aliphatic hydroxyl groups excluding tert-OH is 1. The third-order valence-electron chi connectivity index (χ3n) is 5.07. The summed E-state index contributed by atoms with van der Waals surface area (Å²) in [5.41, 5.74) is 7.43. The van der Waals surface area contributed by atoms with E-state index in [1.165, 1.54) is 18.6 Å². The van der Waals surface area contributed by atoms with Gasteiger partial charge in [-0.05, 0) is 48.9 Å². The largest absolute Gasteiger partial charge is 0.388 e. The standard InChI is InChI=1S/C17H26FNO/c1-3-13-5-4-8-17(10-13,11-19)16(20)15-7-6-14(18)9-12(15)2/h6-7,9,13,16,20H,3-5,8,10-11,19H2,1-2H3. The lowest BCUT2D eigenvalue weighted by Gasteiger charge is -2.44. The predicted molar refractivity (Wildman–Crippen MR) is 79.8 cm³/mol. The summed E-state index contributed by atoms with van der Waals surface area (Å²) in [4.78, 5) is 0. The van der Waals surface area contributed by atoms with Gasteiger partial charge in [-0.15, -0.1) is 0 Å². The molecule has 1 aliphatic carbocycles. The molecule has 0 heterocycles. The molecule has 1 saturated carbocycles. The highest BCUT2D eigenvalue weighted by Crippen LogP contribution is 2.48. The molecular weight excluding hydrogens is 253 g/mol. The smallest absolute Gasteiger partial charge is 0.123 e. The topological polar surface area (TPSA) is 46.2 Å². The molecule has 0 aromatic heterocycles. The highest BCUT2D eigenvalue weighted by Gasteiger charge is 2.41. The van der Waals surface area contributed by atoms with Crippen LogP contribution in [0.3, 0.4) is 0 Å². The van der Waals surface area contributed by atoms with Gasteiger partial charge in [0.2, 0.25) is 0 Å². The summed E-state index contributed by atoms with van der Waals surface area (Å²) in [6, 6.07) is 4.63. The monoisotopic (exact) mass is 279 g/mol. The van der Waals surface area contributed by atoms with Crippen LogP contribution in [0.4, 0.5) is 4.39 Å². The molecule has 2 nitrogen and oxygen atoms in total. The molecule has 0 spiro atoms. The van der Waals surface area contributed by atoms with Gasteiger partial charge in [0.05, 0.1) is 6.10 Å². The summed E-state index contributed by atoms with van der Waals surface area (Å²) in [6.07, 6.45) is 4.81. The summed E-state index contributed by atoms with van der Waals surface area (Å²) < 4.78 is 13.2. The maximum atomic E-state index is 13.2. The number of halogens is 1. The van der Waals surface area contributed by atoms with Crippen molar-refractivity contribution in [3.05, 3.63) is 35.1 Å². The lowest BCUT2D eigenvalue weighted by Crippen LogP contribution is -2.41. The highest BCUT2D eigenvalue weighted by atomic mass is 19.1. The van der Waals surface area contributed by atoms with Crippen molar-refractivity contribution in [1.29, 1.82) is 0 Å². The van der Waals surface area contributed by atoms with Gasteiger partial charge in [-0.1, -0.05) is 32.3 Å². The predicted octanol–water partition coefficient (Wildman–Crippen LogP) is 3.71. The Bertz CT molecular complexity index is 462. The quantitative estimate of drug-likeness (QED) is 0.882. The van der Waals surface area contributed by atoms with E-state index in [0.717, 1.165) is 36.8 Å². The van der Waals surface area contributed by atoms with Crippen LogP contribution >= 0.6 is 0 Å². The summed E-state index contributed by atoms with van der Waals surface area (Å²) >= 11 is 0. The zero-order valence-corrected chi connectivity index (χ0v) is 12.5. The summed E-state index contributed by atoms with van der Waals surface area (Å²) in [6.45, 7) is 4.54. The third kappa shape index (κ3) is 2.89. The Morgan fingerprint density at radius 2 is 2.25 bits per heavy atom. The zero-order chi connectivity index (χ0) is 14.8. The van der Waals surface area contributed by atoms with E-state index in [2.05, 4.69) is 6.92 Å². The van der Waals surface area contributed by atoms with Gasteiger partial charge in [0.15, 0.2) is 0 Å². The molecule has 1 aromatic carbocycles. The fourth-order valence-electron chi connectivity index (χ4n) is 3.69. The van der Waals surface area contributed by atoms with Gasteiger partial charge in [0.25, 0.3) is 0 Å². The van der Waals surface area contributed by atoms with Gasteiger partial charge < -0.3 is 10.8 Å². The Morgan fingerprint density at radius 1 is 1.50 bits per heavy atom. The average Bonchev–Trinajstić information content (AvgIpc) is 2.46. The lowest BCUT2D eigenvalue weighted by atomic mass is 9.64. The van der Waals surface area contributed by atoms with Crippen molar-refractivity contribution >= 4 is 0 Å². The molecule has 1 aromatic rings. The van der Waals surface area contributed by atoms with Crippen LogP contribution < -0.4 is 5.73 Å². The van der Waals surface area contributed by atoms with E-state index >= 15 is 0 Å². The fourth-order valence-corrected chi connectivity index (χ4v) is 3.69. The number of hydrogen-bond acceptors (Lipinski definition) is 2. The molecule has 0 saturated heterocycles.